The van der Waals surface area contributed by atoms with E-state index in [1.165, 1.54) is 18.2 Å². The third-order valence-electron chi connectivity index (χ3n) is 3.74. The zero-order valence-corrected chi connectivity index (χ0v) is 16.7. The first-order chi connectivity index (χ1) is 13.2. The van der Waals surface area contributed by atoms with Gasteiger partial charge in [0, 0.05) is 0 Å². The Morgan fingerprint density at radius 1 is 1.18 bits per heavy atom. The molecule has 0 aliphatic carbocycles. The van der Waals surface area contributed by atoms with Crippen molar-refractivity contribution in [1.82, 2.24) is 5.43 Å². The number of carbonyl (C=O) groups excluding carboxylic acids is 1. The van der Waals surface area contributed by atoms with E-state index in [-0.39, 0.29) is 5.69 Å². The van der Waals surface area contributed by atoms with Gasteiger partial charge in [-0.3, -0.25) is 9.10 Å². The van der Waals surface area contributed by atoms with Gasteiger partial charge in [-0.05, 0) is 55.8 Å². The van der Waals surface area contributed by atoms with Crippen molar-refractivity contribution in [2.24, 2.45) is 5.10 Å². The number of sulfonamides is 1. The van der Waals surface area contributed by atoms with Crippen LogP contribution in [0.5, 0.6) is 5.75 Å². The SMILES string of the molecule is CCOc1ccc(/C(C)=N\NC(=O)CN(c2ccccc2F)S(C)(=O)=O)cc1. The molecule has 0 fully saturated rings. The Morgan fingerprint density at radius 3 is 2.39 bits per heavy atom. The molecular formula is C19H22FN3O4S. The van der Waals surface area contributed by atoms with Crippen LogP contribution in [0.3, 0.4) is 0 Å². The fourth-order valence-corrected chi connectivity index (χ4v) is 3.23. The summed E-state index contributed by atoms with van der Waals surface area (Å²) in [6.45, 7) is 3.54. The van der Waals surface area contributed by atoms with E-state index in [2.05, 4.69) is 10.5 Å². The van der Waals surface area contributed by atoms with E-state index in [1.54, 1.807) is 31.2 Å². The number of halogens is 1. The normalized spacial score (nSPS) is 11.8. The number of ether oxygens (including phenoxy) is 1. The van der Waals surface area contributed by atoms with Crippen LogP contribution in [0.2, 0.25) is 0 Å². The van der Waals surface area contributed by atoms with Crippen molar-refractivity contribution in [2.75, 3.05) is 23.7 Å². The van der Waals surface area contributed by atoms with Crippen LogP contribution in [0.15, 0.2) is 53.6 Å². The molecule has 1 amide bonds. The molecule has 9 heteroatoms. The Labute approximate surface area is 163 Å². The van der Waals surface area contributed by atoms with Crippen molar-refractivity contribution in [2.45, 2.75) is 13.8 Å². The summed E-state index contributed by atoms with van der Waals surface area (Å²) < 4.78 is 44.0. The number of para-hydroxylation sites is 1. The molecule has 2 rings (SSSR count). The van der Waals surface area contributed by atoms with E-state index >= 15 is 0 Å². The molecule has 0 saturated carbocycles. The number of carbonyl (C=O) groups is 1. The van der Waals surface area contributed by atoms with Gasteiger partial charge in [0.05, 0.1) is 24.3 Å². The smallest absolute Gasteiger partial charge is 0.260 e. The molecule has 0 saturated heterocycles. The van der Waals surface area contributed by atoms with Gasteiger partial charge in [0.15, 0.2) is 0 Å². The van der Waals surface area contributed by atoms with Crippen LogP contribution in [0.25, 0.3) is 0 Å². The van der Waals surface area contributed by atoms with Crippen molar-refractivity contribution in [3.8, 4) is 5.75 Å². The molecule has 2 aromatic rings. The lowest BCUT2D eigenvalue weighted by molar-refractivity contribution is -0.119. The number of hydrogen-bond acceptors (Lipinski definition) is 5. The molecular weight excluding hydrogens is 385 g/mol. The molecule has 0 heterocycles. The Balaban J connectivity index is 2.10. The minimum atomic E-state index is -3.87. The lowest BCUT2D eigenvalue weighted by Gasteiger charge is -2.21. The number of nitrogens with zero attached hydrogens (tertiary/aromatic N) is 2. The average molecular weight is 407 g/mol. The number of rotatable bonds is 8. The van der Waals surface area contributed by atoms with E-state index < -0.39 is 28.3 Å². The minimum Gasteiger partial charge on any atom is -0.494 e. The number of amides is 1. The third-order valence-corrected chi connectivity index (χ3v) is 4.87. The second kappa shape index (κ2) is 9.32. The number of anilines is 1. The molecule has 0 radical (unpaired) electrons. The van der Waals surface area contributed by atoms with E-state index in [0.717, 1.165) is 23.6 Å². The van der Waals surface area contributed by atoms with E-state index in [1.807, 2.05) is 6.92 Å². The molecule has 28 heavy (non-hydrogen) atoms. The highest BCUT2D eigenvalue weighted by molar-refractivity contribution is 7.92. The first-order valence-corrected chi connectivity index (χ1v) is 10.4. The Hall–Kier alpha value is -2.94. The van der Waals surface area contributed by atoms with E-state index in [4.69, 9.17) is 4.74 Å². The maximum absolute atomic E-state index is 14.0. The van der Waals surface area contributed by atoms with Crippen LogP contribution in [0, 0.1) is 5.82 Å². The van der Waals surface area contributed by atoms with Crippen LogP contribution in [0.4, 0.5) is 10.1 Å². The first kappa shape index (κ1) is 21.4. The molecule has 0 atom stereocenters. The second-order valence-corrected chi connectivity index (χ2v) is 7.82. The fraction of sp³-hybridized carbons (Fsp3) is 0.263. The van der Waals surface area contributed by atoms with Crippen LogP contribution < -0.4 is 14.5 Å². The highest BCUT2D eigenvalue weighted by atomic mass is 32.2. The molecule has 0 bridgehead atoms. The van der Waals surface area contributed by atoms with Crippen molar-refractivity contribution in [3.63, 3.8) is 0 Å². The predicted octanol–water partition coefficient (Wildman–Crippen LogP) is 2.53. The number of nitrogens with one attached hydrogen (secondary N) is 1. The number of hydrogen-bond donors (Lipinski definition) is 1. The summed E-state index contributed by atoms with van der Waals surface area (Å²) in [5, 5.41) is 3.98. The standard InChI is InChI=1S/C19H22FN3O4S/c1-4-27-16-11-9-15(10-12-16)14(2)21-22-19(24)13-23(28(3,25)26)18-8-6-5-7-17(18)20/h5-12H,4,13H2,1-3H3,(H,22,24)/b21-14-. The summed E-state index contributed by atoms with van der Waals surface area (Å²) in [6, 6.07) is 12.5. The van der Waals surface area contributed by atoms with Gasteiger partial charge >= 0.3 is 0 Å². The van der Waals surface area contributed by atoms with E-state index in [9.17, 15) is 17.6 Å². The van der Waals surface area contributed by atoms with Gasteiger partial charge in [0.25, 0.3) is 5.91 Å². The molecule has 7 nitrogen and oxygen atoms in total. The van der Waals surface area contributed by atoms with Gasteiger partial charge in [-0.1, -0.05) is 12.1 Å². The molecule has 0 spiro atoms. The zero-order chi connectivity index (χ0) is 20.7. The quantitative estimate of drug-likeness (QED) is 0.538. The Kier molecular flexibility index (Phi) is 7.11. The van der Waals surface area contributed by atoms with Gasteiger partial charge in [0.2, 0.25) is 10.0 Å². The maximum atomic E-state index is 14.0. The second-order valence-electron chi connectivity index (χ2n) is 5.91. The highest BCUT2D eigenvalue weighted by Crippen LogP contribution is 2.21. The molecule has 0 aromatic heterocycles. The zero-order valence-electron chi connectivity index (χ0n) is 15.8. The number of hydrazone groups is 1. The maximum Gasteiger partial charge on any atom is 0.260 e. The lowest BCUT2D eigenvalue weighted by atomic mass is 10.1. The topological polar surface area (TPSA) is 88.1 Å². The van der Waals surface area contributed by atoms with Gasteiger partial charge in [-0.2, -0.15) is 5.10 Å². The Morgan fingerprint density at radius 2 is 1.82 bits per heavy atom. The minimum absolute atomic E-state index is 0.202. The summed E-state index contributed by atoms with van der Waals surface area (Å²) in [6.07, 6.45) is 0.904. The largest absolute Gasteiger partial charge is 0.494 e. The van der Waals surface area contributed by atoms with Crippen molar-refractivity contribution in [3.05, 3.63) is 59.9 Å². The third kappa shape index (κ3) is 5.78. The summed E-state index contributed by atoms with van der Waals surface area (Å²) in [4.78, 5) is 12.2. The van der Waals surface area contributed by atoms with E-state index in [0.29, 0.717) is 16.6 Å². The van der Waals surface area contributed by atoms with Gasteiger partial charge < -0.3 is 4.74 Å². The first-order valence-electron chi connectivity index (χ1n) is 8.51. The highest BCUT2D eigenvalue weighted by Gasteiger charge is 2.23. The summed E-state index contributed by atoms with van der Waals surface area (Å²) in [5.74, 6) is -0.717. The van der Waals surface area contributed by atoms with Crippen molar-refractivity contribution in [1.29, 1.82) is 0 Å². The molecule has 0 unspecified atom stereocenters. The van der Waals surface area contributed by atoms with Crippen molar-refractivity contribution < 1.29 is 22.3 Å². The Bertz CT molecular complexity index is 959. The van der Waals surface area contributed by atoms with Crippen molar-refractivity contribution >= 4 is 27.3 Å². The predicted molar refractivity (Wildman–Crippen MR) is 107 cm³/mol. The molecule has 1 N–H and O–H groups in total. The van der Waals surface area contributed by atoms with Crippen LogP contribution in [0.1, 0.15) is 19.4 Å². The van der Waals surface area contributed by atoms with Crippen LogP contribution >= 0.6 is 0 Å². The average Bonchev–Trinajstić information content (AvgIpc) is 2.65. The molecule has 150 valence electrons. The number of benzene rings is 2. The summed E-state index contributed by atoms with van der Waals surface area (Å²) >= 11 is 0. The monoisotopic (exact) mass is 407 g/mol. The van der Waals surface area contributed by atoms with Gasteiger partial charge in [0.1, 0.15) is 18.1 Å². The lowest BCUT2D eigenvalue weighted by Crippen LogP contribution is -2.39. The van der Waals surface area contributed by atoms with Crippen LogP contribution in [-0.2, 0) is 14.8 Å². The summed E-state index contributed by atoms with van der Waals surface area (Å²) in [5.41, 5.74) is 3.38. The summed E-state index contributed by atoms with van der Waals surface area (Å²) in [7, 11) is -3.87. The fourth-order valence-electron chi connectivity index (χ4n) is 2.37. The molecule has 0 aliphatic heterocycles. The van der Waals surface area contributed by atoms with Gasteiger partial charge in [-0.15, -0.1) is 0 Å². The van der Waals surface area contributed by atoms with Gasteiger partial charge in [-0.25, -0.2) is 18.2 Å². The molecule has 2 aromatic carbocycles. The molecule has 0 aliphatic rings. The van der Waals surface area contributed by atoms with Crippen LogP contribution in [-0.4, -0.2) is 39.4 Å².